The molecule has 1 aliphatic heterocycles. The lowest BCUT2D eigenvalue weighted by atomic mass is 10.1. The van der Waals surface area contributed by atoms with Crippen molar-refractivity contribution in [3.8, 4) is 0 Å². The molecule has 3 aromatic rings. The summed E-state index contributed by atoms with van der Waals surface area (Å²) < 4.78 is 28.2. The summed E-state index contributed by atoms with van der Waals surface area (Å²) in [5.74, 6) is -1.50. The molecule has 1 N–H and O–H groups in total. The van der Waals surface area contributed by atoms with Crippen molar-refractivity contribution >= 4 is 35.0 Å². The van der Waals surface area contributed by atoms with Gasteiger partial charge in [-0.2, -0.15) is 0 Å². The number of nitrogens with zero attached hydrogens (tertiary/aromatic N) is 1. The van der Waals surface area contributed by atoms with Crippen molar-refractivity contribution < 1.29 is 18.4 Å². The van der Waals surface area contributed by atoms with Gasteiger partial charge in [-0.15, -0.1) is 11.8 Å². The molecule has 1 saturated heterocycles. The van der Waals surface area contributed by atoms with E-state index in [1.807, 2.05) is 6.92 Å². The van der Waals surface area contributed by atoms with Crippen molar-refractivity contribution in [2.24, 2.45) is 0 Å². The van der Waals surface area contributed by atoms with Crippen molar-refractivity contribution in [2.45, 2.75) is 12.3 Å². The Labute approximate surface area is 176 Å². The van der Waals surface area contributed by atoms with Gasteiger partial charge in [-0.25, -0.2) is 8.78 Å². The van der Waals surface area contributed by atoms with Crippen molar-refractivity contribution in [1.82, 2.24) is 0 Å². The Hall–Kier alpha value is -3.19. The first-order valence-corrected chi connectivity index (χ1v) is 10.3. The molecule has 2 amide bonds. The number of hydrogen-bond acceptors (Lipinski definition) is 3. The van der Waals surface area contributed by atoms with E-state index in [0.29, 0.717) is 5.69 Å². The molecule has 7 heteroatoms. The largest absolute Gasteiger partial charge is 0.322 e. The highest BCUT2D eigenvalue weighted by Gasteiger charge is 2.35. The van der Waals surface area contributed by atoms with Gasteiger partial charge in [-0.1, -0.05) is 30.3 Å². The maximum absolute atomic E-state index is 14.4. The highest BCUT2D eigenvalue weighted by Crippen LogP contribution is 2.43. The van der Waals surface area contributed by atoms with Gasteiger partial charge >= 0.3 is 0 Å². The van der Waals surface area contributed by atoms with Gasteiger partial charge in [0.1, 0.15) is 17.0 Å². The molecule has 4 rings (SSSR count). The molecule has 0 bridgehead atoms. The van der Waals surface area contributed by atoms with Gasteiger partial charge in [0.25, 0.3) is 5.91 Å². The Morgan fingerprint density at radius 2 is 1.77 bits per heavy atom. The quantitative estimate of drug-likeness (QED) is 0.618. The van der Waals surface area contributed by atoms with E-state index in [9.17, 15) is 18.4 Å². The second-order valence-corrected chi connectivity index (χ2v) is 8.01. The third kappa shape index (κ3) is 3.93. The summed E-state index contributed by atoms with van der Waals surface area (Å²) in [6.07, 6.45) is 0. The average molecular weight is 424 g/mol. The second kappa shape index (κ2) is 8.28. The van der Waals surface area contributed by atoms with E-state index >= 15 is 0 Å². The van der Waals surface area contributed by atoms with Crippen molar-refractivity contribution in [3.63, 3.8) is 0 Å². The SMILES string of the molecule is Cc1ccc(F)c(N2C(=O)CSC2c2ccc(NC(=O)c3ccccc3F)cc2)c1. The fourth-order valence-electron chi connectivity index (χ4n) is 3.31. The van der Waals surface area contributed by atoms with E-state index in [4.69, 9.17) is 0 Å². The molecule has 1 fully saturated rings. The molecule has 0 spiro atoms. The topological polar surface area (TPSA) is 49.4 Å². The molecule has 1 aliphatic rings. The Morgan fingerprint density at radius 1 is 1.03 bits per heavy atom. The van der Waals surface area contributed by atoms with Gasteiger partial charge in [-0.05, 0) is 54.4 Å². The fraction of sp³-hybridized carbons (Fsp3) is 0.130. The van der Waals surface area contributed by atoms with Crippen LogP contribution >= 0.6 is 11.8 Å². The molecule has 0 aromatic heterocycles. The minimum absolute atomic E-state index is 0.0420. The second-order valence-electron chi connectivity index (χ2n) is 6.94. The number of rotatable bonds is 4. The number of halogens is 2. The lowest BCUT2D eigenvalue weighted by molar-refractivity contribution is -0.115. The normalized spacial score (nSPS) is 16.0. The molecular formula is C23H18F2N2O2S. The summed E-state index contributed by atoms with van der Waals surface area (Å²) in [5.41, 5.74) is 2.37. The van der Waals surface area contributed by atoms with E-state index in [2.05, 4.69) is 5.32 Å². The number of hydrogen-bond donors (Lipinski definition) is 1. The molecule has 0 saturated carbocycles. The number of nitrogens with one attached hydrogen (secondary N) is 1. The number of benzene rings is 3. The van der Waals surface area contributed by atoms with Crippen LogP contribution in [0.15, 0.2) is 66.7 Å². The average Bonchev–Trinajstić information content (AvgIpc) is 3.12. The van der Waals surface area contributed by atoms with Crippen LogP contribution in [0, 0.1) is 18.6 Å². The predicted molar refractivity (Wildman–Crippen MR) is 115 cm³/mol. The van der Waals surface area contributed by atoms with Crippen LogP contribution in [0.2, 0.25) is 0 Å². The lowest BCUT2D eigenvalue weighted by Gasteiger charge is -2.25. The third-order valence-electron chi connectivity index (χ3n) is 4.80. The van der Waals surface area contributed by atoms with Crippen LogP contribution in [-0.2, 0) is 4.79 Å². The van der Waals surface area contributed by atoms with Crippen molar-refractivity contribution in [3.05, 3.63) is 95.1 Å². The molecule has 30 heavy (non-hydrogen) atoms. The van der Waals surface area contributed by atoms with Gasteiger partial charge in [0, 0.05) is 5.69 Å². The van der Waals surface area contributed by atoms with Gasteiger partial charge in [0.2, 0.25) is 5.91 Å². The van der Waals surface area contributed by atoms with E-state index in [1.54, 1.807) is 42.5 Å². The Balaban J connectivity index is 1.56. The Bertz CT molecular complexity index is 1120. The summed E-state index contributed by atoms with van der Waals surface area (Å²) in [6.45, 7) is 1.85. The van der Waals surface area contributed by atoms with E-state index in [1.165, 1.54) is 40.9 Å². The number of amides is 2. The zero-order valence-electron chi connectivity index (χ0n) is 16.1. The molecule has 1 atom stereocenters. The molecule has 1 heterocycles. The smallest absolute Gasteiger partial charge is 0.258 e. The van der Waals surface area contributed by atoms with Crippen LogP contribution in [0.3, 0.4) is 0 Å². The van der Waals surface area contributed by atoms with E-state index < -0.39 is 17.5 Å². The van der Waals surface area contributed by atoms with Crippen LogP contribution in [0.25, 0.3) is 0 Å². The number of aryl methyl sites for hydroxylation is 1. The van der Waals surface area contributed by atoms with Gasteiger partial charge in [-0.3, -0.25) is 14.5 Å². The molecule has 0 aliphatic carbocycles. The van der Waals surface area contributed by atoms with Crippen LogP contribution in [-0.4, -0.2) is 17.6 Å². The minimum Gasteiger partial charge on any atom is -0.322 e. The minimum atomic E-state index is -0.594. The number of carbonyl (C=O) groups excluding carboxylic acids is 2. The maximum Gasteiger partial charge on any atom is 0.258 e. The molecule has 0 radical (unpaired) electrons. The first-order chi connectivity index (χ1) is 14.4. The molecular weight excluding hydrogens is 406 g/mol. The molecule has 152 valence electrons. The van der Waals surface area contributed by atoms with Gasteiger partial charge in [0.05, 0.1) is 17.0 Å². The van der Waals surface area contributed by atoms with Crippen molar-refractivity contribution in [2.75, 3.05) is 16.0 Å². The van der Waals surface area contributed by atoms with E-state index in [0.717, 1.165) is 11.1 Å². The molecule has 4 nitrogen and oxygen atoms in total. The number of anilines is 2. The van der Waals surface area contributed by atoms with Crippen LogP contribution in [0.4, 0.5) is 20.2 Å². The summed E-state index contributed by atoms with van der Waals surface area (Å²) >= 11 is 1.41. The van der Waals surface area contributed by atoms with Gasteiger partial charge < -0.3 is 5.32 Å². The highest BCUT2D eigenvalue weighted by atomic mass is 32.2. The third-order valence-corrected chi connectivity index (χ3v) is 6.01. The van der Waals surface area contributed by atoms with Crippen LogP contribution in [0.1, 0.15) is 26.9 Å². The van der Waals surface area contributed by atoms with Gasteiger partial charge in [0.15, 0.2) is 0 Å². The zero-order valence-corrected chi connectivity index (χ0v) is 16.9. The fourth-order valence-corrected chi connectivity index (χ4v) is 4.48. The Morgan fingerprint density at radius 3 is 2.50 bits per heavy atom. The predicted octanol–water partition coefficient (Wildman–Crippen LogP) is 5.30. The first-order valence-electron chi connectivity index (χ1n) is 9.29. The highest BCUT2D eigenvalue weighted by molar-refractivity contribution is 8.00. The van der Waals surface area contributed by atoms with E-state index in [-0.39, 0.29) is 28.3 Å². The number of carbonyl (C=O) groups is 2. The number of thioether (sulfide) groups is 1. The summed E-state index contributed by atoms with van der Waals surface area (Å²) in [5, 5.41) is 2.29. The lowest BCUT2D eigenvalue weighted by Crippen LogP contribution is -2.28. The maximum atomic E-state index is 14.4. The summed E-state index contributed by atoms with van der Waals surface area (Å²) in [6, 6.07) is 17.3. The first kappa shape index (κ1) is 20.1. The van der Waals surface area contributed by atoms with Crippen LogP contribution < -0.4 is 10.2 Å². The summed E-state index contributed by atoms with van der Waals surface area (Å²) in [4.78, 5) is 26.2. The Kier molecular flexibility index (Phi) is 5.55. The van der Waals surface area contributed by atoms with Crippen molar-refractivity contribution in [1.29, 1.82) is 0 Å². The monoisotopic (exact) mass is 424 g/mol. The molecule has 1 unspecified atom stereocenters. The van der Waals surface area contributed by atoms with Crippen LogP contribution in [0.5, 0.6) is 0 Å². The molecule has 3 aromatic carbocycles. The summed E-state index contributed by atoms with van der Waals surface area (Å²) in [7, 11) is 0. The zero-order chi connectivity index (χ0) is 21.3. The standard InChI is InChI=1S/C23H18F2N2O2S/c1-14-6-11-19(25)20(12-14)27-21(28)13-30-23(27)15-7-9-16(10-8-15)26-22(29)17-4-2-3-5-18(17)24/h2-12,23H,13H2,1H3,(H,26,29).